The van der Waals surface area contributed by atoms with Crippen LogP contribution in [0.15, 0.2) is 53.1 Å². The Kier molecular flexibility index (Phi) is 4.58. The Morgan fingerprint density at radius 3 is 2.27 bits per heavy atom. The number of aromatic nitrogens is 2. The van der Waals surface area contributed by atoms with Crippen LogP contribution in [0.5, 0.6) is 11.5 Å². The Bertz CT molecular complexity index is 851. The van der Waals surface area contributed by atoms with Gasteiger partial charge in [0.2, 0.25) is 5.82 Å². The van der Waals surface area contributed by atoms with Gasteiger partial charge >= 0.3 is 0 Å². The highest BCUT2D eigenvalue weighted by Crippen LogP contribution is 2.27. The number of hydrogen-bond donors (Lipinski definition) is 2. The highest BCUT2D eigenvalue weighted by molar-refractivity contribution is 5.60. The fraction of sp³-hybridized carbons (Fsp3) is 0.300. The second kappa shape index (κ2) is 7.17. The number of nitrogens with zero attached hydrogens (tertiary/aromatic N) is 2. The summed E-state index contributed by atoms with van der Waals surface area (Å²) in [6.07, 6.45) is 4.29. The third-order valence-corrected chi connectivity index (χ3v) is 4.67. The van der Waals surface area contributed by atoms with Crippen LogP contribution >= 0.6 is 0 Å². The topological polar surface area (TPSA) is 94.4 Å². The first-order valence-electron chi connectivity index (χ1n) is 8.83. The molecule has 0 unspecified atom stereocenters. The lowest BCUT2D eigenvalue weighted by Crippen LogP contribution is -2.31. The van der Waals surface area contributed by atoms with Crippen LogP contribution in [-0.2, 0) is 0 Å². The zero-order valence-corrected chi connectivity index (χ0v) is 14.3. The largest absolute Gasteiger partial charge is 0.508 e. The number of aromatic hydroxyl groups is 1. The molecule has 0 radical (unpaired) electrons. The zero-order valence-electron chi connectivity index (χ0n) is 14.3. The maximum atomic E-state index is 9.36. The summed E-state index contributed by atoms with van der Waals surface area (Å²) in [4.78, 5) is 4.42. The van der Waals surface area contributed by atoms with Crippen LogP contribution in [0.4, 0.5) is 0 Å². The molecule has 0 aliphatic heterocycles. The maximum absolute atomic E-state index is 9.36. The fourth-order valence-corrected chi connectivity index (χ4v) is 3.14. The van der Waals surface area contributed by atoms with Crippen molar-refractivity contribution in [3.05, 3.63) is 48.5 Å². The first-order valence-corrected chi connectivity index (χ1v) is 8.83. The number of rotatable bonds is 4. The summed E-state index contributed by atoms with van der Waals surface area (Å²) in [5, 5.41) is 13.4. The number of phenols is 1. The van der Waals surface area contributed by atoms with E-state index in [-0.39, 0.29) is 11.9 Å². The minimum atomic E-state index is 0.198. The van der Waals surface area contributed by atoms with Crippen LogP contribution in [0.25, 0.3) is 22.8 Å². The SMILES string of the molecule is N[C@H]1CC[C@H](Oc2ccc(-c3noc(-c4ccc(O)cc4)n3)cc2)CC1. The van der Waals surface area contributed by atoms with Crippen LogP contribution in [-0.4, -0.2) is 27.4 Å². The summed E-state index contributed by atoms with van der Waals surface area (Å²) in [5.74, 6) is 1.97. The van der Waals surface area contributed by atoms with Gasteiger partial charge < -0.3 is 20.1 Å². The number of benzene rings is 2. The molecule has 4 rings (SSSR count). The molecule has 3 aromatic rings. The molecule has 1 aliphatic rings. The van der Waals surface area contributed by atoms with Gasteiger partial charge in [0.05, 0.1) is 6.10 Å². The average molecular weight is 351 g/mol. The molecular weight excluding hydrogens is 330 g/mol. The Morgan fingerprint density at radius 1 is 0.923 bits per heavy atom. The van der Waals surface area contributed by atoms with Crippen LogP contribution in [0.1, 0.15) is 25.7 Å². The van der Waals surface area contributed by atoms with Gasteiger partial charge in [-0.1, -0.05) is 5.16 Å². The summed E-state index contributed by atoms with van der Waals surface area (Å²) < 4.78 is 11.4. The molecule has 1 heterocycles. The monoisotopic (exact) mass is 351 g/mol. The fourth-order valence-electron chi connectivity index (χ4n) is 3.14. The summed E-state index contributed by atoms with van der Waals surface area (Å²) in [5.41, 5.74) is 7.55. The van der Waals surface area contributed by atoms with Crippen molar-refractivity contribution in [2.24, 2.45) is 5.73 Å². The second-order valence-corrected chi connectivity index (χ2v) is 6.65. The van der Waals surface area contributed by atoms with E-state index in [4.69, 9.17) is 15.0 Å². The minimum absolute atomic E-state index is 0.198. The third-order valence-electron chi connectivity index (χ3n) is 4.67. The van der Waals surface area contributed by atoms with Crippen molar-refractivity contribution < 1.29 is 14.4 Å². The summed E-state index contributed by atoms with van der Waals surface area (Å²) >= 11 is 0. The van der Waals surface area contributed by atoms with Crippen molar-refractivity contribution in [3.63, 3.8) is 0 Å². The van der Waals surface area contributed by atoms with E-state index in [1.807, 2.05) is 24.3 Å². The van der Waals surface area contributed by atoms with E-state index in [1.165, 1.54) is 0 Å². The van der Waals surface area contributed by atoms with E-state index >= 15 is 0 Å². The molecule has 6 heteroatoms. The lowest BCUT2D eigenvalue weighted by Gasteiger charge is -2.26. The lowest BCUT2D eigenvalue weighted by molar-refractivity contribution is 0.147. The molecule has 6 nitrogen and oxygen atoms in total. The van der Waals surface area contributed by atoms with E-state index < -0.39 is 0 Å². The van der Waals surface area contributed by atoms with E-state index in [9.17, 15) is 5.11 Å². The number of nitrogens with two attached hydrogens (primary N) is 1. The highest BCUT2D eigenvalue weighted by Gasteiger charge is 2.20. The second-order valence-electron chi connectivity index (χ2n) is 6.65. The molecule has 3 N–H and O–H groups in total. The summed E-state index contributed by atoms with van der Waals surface area (Å²) in [7, 11) is 0. The van der Waals surface area contributed by atoms with Crippen molar-refractivity contribution in [1.29, 1.82) is 0 Å². The summed E-state index contributed by atoms with van der Waals surface area (Å²) in [6, 6.07) is 14.7. The smallest absolute Gasteiger partial charge is 0.258 e. The van der Waals surface area contributed by atoms with Gasteiger partial charge in [-0.25, -0.2) is 0 Å². The predicted molar refractivity (Wildman–Crippen MR) is 97.7 cm³/mol. The standard InChI is InChI=1S/C20H21N3O3/c21-15-5-11-18(12-6-15)25-17-9-3-13(4-10-17)19-22-20(26-23-19)14-1-7-16(24)8-2-14/h1-4,7-10,15,18,24H,5-6,11-12,21H2/t15-,18-. The van der Waals surface area contributed by atoms with Crippen LogP contribution in [0.2, 0.25) is 0 Å². The molecule has 0 saturated heterocycles. The van der Waals surface area contributed by atoms with Gasteiger partial charge in [-0.3, -0.25) is 0 Å². The Balaban J connectivity index is 1.44. The molecule has 0 atom stereocenters. The molecule has 26 heavy (non-hydrogen) atoms. The van der Waals surface area contributed by atoms with Gasteiger partial charge in [0.25, 0.3) is 5.89 Å². The molecule has 134 valence electrons. The highest BCUT2D eigenvalue weighted by atomic mass is 16.5. The van der Waals surface area contributed by atoms with Crippen molar-refractivity contribution in [2.45, 2.75) is 37.8 Å². The predicted octanol–water partition coefficient (Wildman–Crippen LogP) is 3.76. The molecule has 1 saturated carbocycles. The number of hydrogen-bond acceptors (Lipinski definition) is 6. The molecule has 0 amide bonds. The first-order chi connectivity index (χ1) is 12.7. The van der Waals surface area contributed by atoms with Gasteiger partial charge in [-0.15, -0.1) is 0 Å². The normalized spacial score (nSPS) is 20.0. The number of phenolic OH excluding ortho intramolecular Hbond substituents is 1. The molecule has 1 fully saturated rings. The van der Waals surface area contributed by atoms with E-state index in [2.05, 4.69) is 10.1 Å². The molecule has 1 aliphatic carbocycles. The van der Waals surface area contributed by atoms with Gasteiger partial charge in [0.1, 0.15) is 11.5 Å². The number of ether oxygens (including phenoxy) is 1. The molecule has 0 spiro atoms. The van der Waals surface area contributed by atoms with Gasteiger partial charge in [-0.05, 0) is 74.2 Å². The average Bonchev–Trinajstić information content (AvgIpc) is 3.15. The van der Waals surface area contributed by atoms with Crippen LogP contribution in [0.3, 0.4) is 0 Å². The minimum Gasteiger partial charge on any atom is -0.508 e. The van der Waals surface area contributed by atoms with E-state index in [0.717, 1.165) is 42.6 Å². The van der Waals surface area contributed by atoms with Gasteiger partial charge in [0, 0.05) is 17.2 Å². The first kappa shape index (κ1) is 16.6. The Labute approximate surface area is 151 Å². The quantitative estimate of drug-likeness (QED) is 0.743. The lowest BCUT2D eigenvalue weighted by atomic mass is 9.94. The molecular formula is C20H21N3O3. The Hall–Kier alpha value is -2.86. The molecule has 0 bridgehead atoms. The maximum Gasteiger partial charge on any atom is 0.258 e. The third kappa shape index (κ3) is 3.70. The van der Waals surface area contributed by atoms with Gasteiger partial charge in [0.15, 0.2) is 0 Å². The summed E-state index contributed by atoms with van der Waals surface area (Å²) in [6.45, 7) is 0. The van der Waals surface area contributed by atoms with E-state index in [0.29, 0.717) is 17.8 Å². The van der Waals surface area contributed by atoms with Gasteiger partial charge in [-0.2, -0.15) is 4.98 Å². The van der Waals surface area contributed by atoms with Crippen LogP contribution < -0.4 is 10.5 Å². The van der Waals surface area contributed by atoms with Crippen molar-refractivity contribution in [1.82, 2.24) is 10.1 Å². The zero-order chi connectivity index (χ0) is 17.9. The van der Waals surface area contributed by atoms with Crippen molar-refractivity contribution in [2.75, 3.05) is 0 Å². The molecule has 1 aromatic heterocycles. The van der Waals surface area contributed by atoms with Crippen molar-refractivity contribution >= 4 is 0 Å². The van der Waals surface area contributed by atoms with E-state index in [1.54, 1.807) is 24.3 Å². The Morgan fingerprint density at radius 2 is 1.58 bits per heavy atom. The molecule has 2 aromatic carbocycles. The van der Waals surface area contributed by atoms with Crippen molar-refractivity contribution in [3.8, 4) is 34.3 Å². The van der Waals surface area contributed by atoms with Crippen LogP contribution in [0, 0.1) is 0 Å².